The number of halogens is 1. The quantitative estimate of drug-likeness (QED) is 0.432. The molecule has 0 aliphatic carbocycles. The average Bonchev–Trinajstić information content (AvgIpc) is 3.09. The Morgan fingerprint density at radius 2 is 2.11 bits per heavy atom. The van der Waals surface area contributed by atoms with Gasteiger partial charge in [0.15, 0.2) is 14.6 Å². The maximum atomic E-state index is 12.1. The van der Waals surface area contributed by atoms with Gasteiger partial charge in [0, 0.05) is 31.1 Å². The molecular formula is C18H21FN2O5S. The number of oxime groups is 1. The van der Waals surface area contributed by atoms with Crippen LogP contribution in [0.15, 0.2) is 29.4 Å². The molecule has 2 N–H and O–H groups in total. The van der Waals surface area contributed by atoms with Crippen LogP contribution in [0.4, 0.5) is 4.39 Å². The van der Waals surface area contributed by atoms with Gasteiger partial charge in [-0.2, -0.15) is 0 Å². The fourth-order valence-electron chi connectivity index (χ4n) is 2.63. The zero-order valence-corrected chi connectivity index (χ0v) is 15.8. The molecule has 9 heteroatoms. The van der Waals surface area contributed by atoms with E-state index in [0.29, 0.717) is 12.1 Å². The second kappa shape index (κ2) is 8.50. The van der Waals surface area contributed by atoms with Gasteiger partial charge < -0.3 is 4.84 Å². The van der Waals surface area contributed by atoms with Crippen LogP contribution in [0.5, 0.6) is 0 Å². The molecule has 0 fully saturated rings. The fourth-order valence-corrected chi connectivity index (χ4v) is 3.50. The number of sulfone groups is 1. The predicted molar refractivity (Wildman–Crippen MR) is 97.7 cm³/mol. The highest BCUT2D eigenvalue weighted by molar-refractivity contribution is 7.92. The highest BCUT2D eigenvalue weighted by atomic mass is 32.2. The molecule has 1 aromatic rings. The minimum Gasteiger partial charge on any atom is -0.392 e. The molecule has 0 bridgehead atoms. The van der Waals surface area contributed by atoms with Crippen molar-refractivity contribution in [1.29, 1.82) is 0 Å². The molecule has 146 valence electrons. The molecule has 1 amide bonds. The van der Waals surface area contributed by atoms with Crippen molar-refractivity contribution in [3.8, 4) is 11.8 Å². The van der Waals surface area contributed by atoms with Crippen LogP contribution in [0.2, 0.25) is 0 Å². The standard InChI is InChI=1S/C18H21FN2O5S/c1-18(17(22)20-23,27(2,24)25)12-15-11-16(21-26-15)14-8-6-13(7-9-14)5-3-4-10-19/h6-9,15,23H,4,10-12H2,1-2H3,(H,20,22)/t15-,18-/m1/s1. The largest absolute Gasteiger partial charge is 0.392 e. The first-order chi connectivity index (χ1) is 12.7. The van der Waals surface area contributed by atoms with Crippen LogP contribution in [-0.4, -0.2) is 49.0 Å². The van der Waals surface area contributed by atoms with Crippen LogP contribution in [0, 0.1) is 11.8 Å². The monoisotopic (exact) mass is 396 g/mol. The Morgan fingerprint density at radius 1 is 1.44 bits per heavy atom. The Kier molecular flexibility index (Phi) is 6.57. The Hall–Kier alpha value is -2.44. The van der Waals surface area contributed by atoms with Gasteiger partial charge in [0.05, 0.1) is 5.71 Å². The van der Waals surface area contributed by atoms with E-state index in [1.54, 1.807) is 24.3 Å². The van der Waals surface area contributed by atoms with Gasteiger partial charge in [-0.15, -0.1) is 0 Å². The summed E-state index contributed by atoms with van der Waals surface area (Å²) in [6, 6.07) is 7.13. The molecule has 0 aromatic heterocycles. The Labute approximate surface area is 157 Å². The Bertz CT molecular complexity index is 887. The van der Waals surface area contributed by atoms with E-state index < -0.39 is 33.3 Å². The summed E-state index contributed by atoms with van der Waals surface area (Å²) in [4.78, 5) is 17.2. The lowest BCUT2D eigenvalue weighted by Gasteiger charge is -2.26. The minimum absolute atomic E-state index is 0.155. The summed E-state index contributed by atoms with van der Waals surface area (Å²) in [6.07, 6.45) is 0.655. The summed E-state index contributed by atoms with van der Waals surface area (Å²) >= 11 is 0. The van der Waals surface area contributed by atoms with Crippen molar-refractivity contribution >= 4 is 21.5 Å². The first-order valence-corrected chi connectivity index (χ1v) is 10.1. The van der Waals surface area contributed by atoms with Crippen molar-refractivity contribution in [2.45, 2.75) is 37.0 Å². The summed E-state index contributed by atoms with van der Waals surface area (Å²) in [5.41, 5.74) is 3.55. The Balaban J connectivity index is 2.08. The molecule has 27 heavy (non-hydrogen) atoms. The molecule has 0 saturated carbocycles. The van der Waals surface area contributed by atoms with Gasteiger partial charge in [0.1, 0.15) is 12.8 Å². The number of carbonyl (C=O) groups excluding carboxylic acids is 1. The van der Waals surface area contributed by atoms with E-state index in [1.165, 1.54) is 12.4 Å². The van der Waals surface area contributed by atoms with E-state index in [9.17, 15) is 17.6 Å². The number of alkyl halides is 1. The number of nitrogens with zero attached hydrogens (tertiary/aromatic N) is 1. The molecule has 0 spiro atoms. The average molecular weight is 396 g/mol. The summed E-state index contributed by atoms with van der Waals surface area (Å²) in [6.45, 7) is 0.751. The van der Waals surface area contributed by atoms with E-state index in [0.717, 1.165) is 17.4 Å². The van der Waals surface area contributed by atoms with Gasteiger partial charge in [-0.1, -0.05) is 29.1 Å². The van der Waals surface area contributed by atoms with E-state index in [-0.39, 0.29) is 12.8 Å². The van der Waals surface area contributed by atoms with Crippen molar-refractivity contribution in [1.82, 2.24) is 5.48 Å². The van der Waals surface area contributed by atoms with E-state index in [1.807, 2.05) is 0 Å². The lowest BCUT2D eigenvalue weighted by atomic mass is 9.96. The van der Waals surface area contributed by atoms with Crippen molar-refractivity contribution in [3.05, 3.63) is 35.4 Å². The lowest BCUT2D eigenvalue weighted by Crippen LogP contribution is -2.51. The third-order valence-corrected chi connectivity index (χ3v) is 6.41. The number of nitrogens with one attached hydrogen (secondary N) is 1. The van der Waals surface area contributed by atoms with Gasteiger partial charge in [0.25, 0.3) is 5.91 Å². The first kappa shape index (κ1) is 20.9. The minimum atomic E-state index is -3.81. The molecule has 0 saturated heterocycles. The van der Waals surface area contributed by atoms with Crippen molar-refractivity contribution < 1.29 is 27.6 Å². The molecule has 7 nitrogen and oxygen atoms in total. The lowest BCUT2D eigenvalue weighted by molar-refractivity contribution is -0.132. The highest BCUT2D eigenvalue weighted by Crippen LogP contribution is 2.29. The maximum Gasteiger partial charge on any atom is 0.264 e. The third kappa shape index (κ3) is 4.84. The summed E-state index contributed by atoms with van der Waals surface area (Å²) < 4.78 is 34.3. The van der Waals surface area contributed by atoms with E-state index >= 15 is 0 Å². The van der Waals surface area contributed by atoms with E-state index in [4.69, 9.17) is 10.0 Å². The maximum absolute atomic E-state index is 12.1. The Morgan fingerprint density at radius 3 is 2.67 bits per heavy atom. The van der Waals surface area contributed by atoms with E-state index in [2.05, 4.69) is 17.0 Å². The highest BCUT2D eigenvalue weighted by Gasteiger charge is 2.47. The third-order valence-electron chi connectivity index (χ3n) is 4.42. The number of rotatable bonds is 6. The van der Waals surface area contributed by atoms with Crippen molar-refractivity contribution in [3.63, 3.8) is 0 Å². The molecule has 1 aliphatic rings. The molecule has 0 unspecified atom stereocenters. The summed E-state index contributed by atoms with van der Waals surface area (Å²) in [5.74, 6) is 4.54. The molecule has 0 radical (unpaired) electrons. The second-order valence-corrected chi connectivity index (χ2v) is 8.88. The van der Waals surface area contributed by atoms with Crippen molar-refractivity contribution in [2.24, 2.45) is 5.16 Å². The topological polar surface area (TPSA) is 105 Å². The van der Waals surface area contributed by atoms with Gasteiger partial charge >= 0.3 is 0 Å². The van der Waals surface area contributed by atoms with Crippen LogP contribution in [-0.2, 0) is 19.5 Å². The number of benzene rings is 1. The summed E-state index contributed by atoms with van der Waals surface area (Å²) in [7, 11) is -3.81. The smallest absolute Gasteiger partial charge is 0.264 e. The van der Waals surface area contributed by atoms with Crippen LogP contribution in [0.3, 0.4) is 0 Å². The molecule has 2 rings (SSSR count). The van der Waals surface area contributed by atoms with Gasteiger partial charge in [-0.25, -0.2) is 13.9 Å². The molecule has 1 aromatic carbocycles. The van der Waals surface area contributed by atoms with Gasteiger partial charge in [-0.3, -0.25) is 14.4 Å². The molecule has 1 heterocycles. The molecule has 1 aliphatic heterocycles. The second-order valence-electron chi connectivity index (χ2n) is 6.44. The normalized spacial score (nSPS) is 18.5. The SMILES string of the molecule is C[C@@](C[C@H]1CC(c2ccc(C#CCCF)cc2)=NO1)(C(=O)NO)S(C)(=O)=O. The number of amides is 1. The van der Waals surface area contributed by atoms with Crippen LogP contribution in [0.1, 0.15) is 37.3 Å². The van der Waals surface area contributed by atoms with Crippen LogP contribution >= 0.6 is 0 Å². The number of hydroxylamine groups is 1. The number of carbonyl (C=O) groups is 1. The van der Waals surface area contributed by atoms with Gasteiger partial charge in [0.2, 0.25) is 0 Å². The number of hydrogen-bond acceptors (Lipinski definition) is 6. The summed E-state index contributed by atoms with van der Waals surface area (Å²) in [5, 5.41) is 12.9. The predicted octanol–water partition coefficient (Wildman–Crippen LogP) is 1.59. The van der Waals surface area contributed by atoms with Gasteiger partial charge in [-0.05, 0) is 24.6 Å². The zero-order chi connectivity index (χ0) is 20.1. The van der Waals surface area contributed by atoms with Crippen LogP contribution in [0.25, 0.3) is 0 Å². The fraction of sp³-hybridized carbons (Fsp3) is 0.444. The van der Waals surface area contributed by atoms with Crippen molar-refractivity contribution in [2.75, 3.05) is 12.9 Å². The first-order valence-electron chi connectivity index (χ1n) is 8.23. The van der Waals surface area contributed by atoms with Crippen LogP contribution < -0.4 is 5.48 Å². The molecular weight excluding hydrogens is 375 g/mol. The number of hydrogen-bond donors (Lipinski definition) is 2. The zero-order valence-electron chi connectivity index (χ0n) is 15.0. The molecule has 2 atom stereocenters.